The topological polar surface area (TPSA) is 28.7 Å². The molecule has 0 radical (unpaired) electrons. The van der Waals surface area contributed by atoms with Crippen LogP contribution in [-0.2, 0) is 12.6 Å². The highest BCUT2D eigenvalue weighted by Crippen LogP contribution is 2.31. The quantitative estimate of drug-likeness (QED) is 0.851. The van der Waals surface area contributed by atoms with Crippen LogP contribution in [0.3, 0.4) is 0 Å². The van der Waals surface area contributed by atoms with E-state index in [-0.39, 0.29) is 5.41 Å². The van der Waals surface area contributed by atoms with Crippen molar-refractivity contribution in [1.29, 1.82) is 0 Å². The monoisotopic (exact) mass is 270 g/mol. The van der Waals surface area contributed by atoms with Crippen LogP contribution in [-0.4, -0.2) is 9.97 Å². The maximum absolute atomic E-state index is 12.6. The molecule has 0 aliphatic carbocycles. The zero-order valence-corrected chi connectivity index (χ0v) is 11.2. The lowest BCUT2D eigenvalue weighted by Gasteiger charge is -2.16. The van der Waals surface area contributed by atoms with E-state index in [1.54, 1.807) is 0 Å². The highest BCUT2D eigenvalue weighted by molar-refractivity contribution is 5.76. The molecule has 0 unspecified atom stereocenters. The van der Waals surface area contributed by atoms with Crippen molar-refractivity contribution < 1.29 is 13.2 Å². The Kier molecular flexibility index (Phi) is 3.32. The molecule has 2 nitrogen and oxygen atoms in total. The van der Waals surface area contributed by atoms with E-state index >= 15 is 0 Å². The summed E-state index contributed by atoms with van der Waals surface area (Å²) in [5.74, 6) is 0.740. The number of aromatic amines is 1. The number of aromatic nitrogens is 2. The van der Waals surface area contributed by atoms with Gasteiger partial charge < -0.3 is 4.98 Å². The van der Waals surface area contributed by atoms with E-state index in [2.05, 4.69) is 30.7 Å². The minimum absolute atomic E-state index is 0.177. The van der Waals surface area contributed by atoms with Gasteiger partial charge in [-0.25, -0.2) is 4.98 Å². The van der Waals surface area contributed by atoms with E-state index in [1.807, 2.05) is 0 Å². The molecule has 0 spiro atoms. The van der Waals surface area contributed by atoms with Crippen molar-refractivity contribution in [2.24, 2.45) is 5.41 Å². The maximum Gasteiger partial charge on any atom is 0.416 e. The SMILES string of the molecule is CC(C)(C)CCc1nc2ccc(C(F)(F)F)cc2[nH]1. The van der Waals surface area contributed by atoms with Crippen LogP contribution in [0.4, 0.5) is 13.2 Å². The summed E-state index contributed by atoms with van der Waals surface area (Å²) in [5.41, 5.74) is 0.553. The van der Waals surface area contributed by atoms with Crippen molar-refractivity contribution in [1.82, 2.24) is 9.97 Å². The predicted molar refractivity (Wildman–Crippen MR) is 68.9 cm³/mol. The Bertz CT molecular complexity index is 576. The first-order valence-corrected chi connectivity index (χ1v) is 6.21. The van der Waals surface area contributed by atoms with Crippen molar-refractivity contribution in [2.75, 3.05) is 0 Å². The summed E-state index contributed by atoms with van der Waals surface area (Å²) >= 11 is 0. The summed E-state index contributed by atoms with van der Waals surface area (Å²) < 4.78 is 37.8. The Hall–Kier alpha value is -1.52. The van der Waals surface area contributed by atoms with Gasteiger partial charge in [0.05, 0.1) is 16.6 Å². The Morgan fingerprint density at radius 1 is 1.16 bits per heavy atom. The standard InChI is InChI=1S/C14H17F3N2/c1-13(2,3)7-6-12-18-10-5-4-9(14(15,16)17)8-11(10)19-12/h4-5,8H,6-7H2,1-3H3,(H,18,19). The third-order valence-electron chi connectivity index (χ3n) is 2.97. The van der Waals surface area contributed by atoms with Crippen molar-refractivity contribution in [3.8, 4) is 0 Å². The minimum Gasteiger partial charge on any atom is -0.342 e. The number of hydrogen-bond donors (Lipinski definition) is 1. The van der Waals surface area contributed by atoms with Gasteiger partial charge in [-0.15, -0.1) is 0 Å². The molecule has 0 aliphatic rings. The van der Waals surface area contributed by atoms with Gasteiger partial charge in [0.15, 0.2) is 0 Å². The van der Waals surface area contributed by atoms with Crippen LogP contribution >= 0.6 is 0 Å². The van der Waals surface area contributed by atoms with E-state index in [4.69, 9.17) is 0 Å². The Morgan fingerprint density at radius 3 is 2.42 bits per heavy atom. The Labute approximate surface area is 110 Å². The lowest BCUT2D eigenvalue weighted by Crippen LogP contribution is -2.06. The number of rotatable bonds is 2. The number of benzene rings is 1. The zero-order valence-electron chi connectivity index (χ0n) is 11.2. The molecule has 0 saturated heterocycles. The molecule has 0 aliphatic heterocycles. The highest BCUT2D eigenvalue weighted by Gasteiger charge is 2.30. The van der Waals surface area contributed by atoms with Crippen LogP contribution in [0, 0.1) is 5.41 Å². The van der Waals surface area contributed by atoms with Crippen LogP contribution in [0.5, 0.6) is 0 Å². The van der Waals surface area contributed by atoms with Gasteiger partial charge in [0.1, 0.15) is 5.82 Å². The van der Waals surface area contributed by atoms with Crippen LogP contribution in [0.1, 0.15) is 38.6 Å². The summed E-state index contributed by atoms with van der Waals surface area (Å²) in [6.45, 7) is 6.37. The fourth-order valence-electron chi connectivity index (χ4n) is 1.85. The molecular weight excluding hydrogens is 253 g/mol. The Morgan fingerprint density at radius 2 is 1.84 bits per heavy atom. The first-order chi connectivity index (χ1) is 8.65. The normalized spacial score (nSPS) is 13.2. The summed E-state index contributed by atoms with van der Waals surface area (Å²) in [7, 11) is 0. The number of alkyl halides is 3. The van der Waals surface area contributed by atoms with Gasteiger partial charge in [-0.2, -0.15) is 13.2 Å². The number of H-pyrrole nitrogens is 1. The van der Waals surface area contributed by atoms with Crippen LogP contribution < -0.4 is 0 Å². The average Bonchev–Trinajstić information content (AvgIpc) is 2.65. The van der Waals surface area contributed by atoms with Gasteiger partial charge in [-0.3, -0.25) is 0 Å². The lowest BCUT2D eigenvalue weighted by atomic mass is 9.90. The second-order valence-electron chi connectivity index (χ2n) is 5.97. The van der Waals surface area contributed by atoms with Gasteiger partial charge in [-0.1, -0.05) is 20.8 Å². The molecule has 0 atom stereocenters. The van der Waals surface area contributed by atoms with E-state index in [0.29, 0.717) is 11.0 Å². The molecule has 19 heavy (non-hydrogen) atoms. The first-order valence-electron chi connectivity index (χ1n) is 6.21. The second kappa shape index (κ2) is 4.54. The molecule has 5 heteroatoms. The molecule has 1 heterocycles. The number of halogens is 3. The number of nitrogens with zero attached hydrogens (tertiary/aromatic N) is 1. The summed E-state index contributed by atoms with van der Waals surface area (Å²) in [5, 5.41) is 0. The van der Waals surface area contributed by atoms with Gasteiger partial charge in [0, 0.05) is 6.42 Å². The summed E-state index contributed by atoms with van der Waals surface area (Å²) in [6, 6.07) is 3.59. The van der Waals surface area contributed by atoms with Crippen LogP contribution in [0.15, 0.2) is 18.2 Å². The largest absolute Gasteiger partial charge is 0.416 e. The van der Waals surface area contributed by atoms with E-state index in [1.165, 1.54) is 6.07 Å². The zero-order chi connectivity index (χ0) is 14.3. The molecule has 1 aromatic heterocycles. The van der Waals surface area contributed by atoms with Crippen molar-refractivity contribution in [2.45, 2.75) is 39.8 Å². The molecule has 104 valence electrons. The number of aryl methyl sites for hydroxylation is 1. The Balaban J connectivity index is 2.26. The molecule has 0 amide bonds. The third-order valence-corrected chi connectivity index (χ3v) is 2.97. The number of imidazole rings is 1. The second-order valence-corrected chi connectivity index (χ2v) is 5.97. The molecule has 1 aromatic carbocycles. The highest BCUT2D eigenvalue weighted by atomic mass is 19.4. The number of hydrogen-bond acceptors (Lipinski definition) is 1. The maximum atomic E-state index is 12.6. The van der Waals surface area contributed by atoms with E-state index in [9.17, 15) is 13.2 Å². The van der Waals surface area contributed by atoms with E-state index in [0.717, 1.165) is 30.8 Å². The van der Waals surface area contributed by atoms with Crippen molar-refractivity contribution >= 4 is 11.0 Å². The molecule has 0 fully saturated rings. The lowest BCUT2D eigenvalue weighted by molar-refractivity contribution is -0.137. The third kappa shape index (κ3) is 3.49. The van der Waals surface area contributed by atoms with Crippen LogP contribution in [0.25, 0.3) is 11.0 Å². The van der Waals surface area contributed by atoms with E-state index < -0.39 is 11.7 Å². The fourth-order valence-corrected chi connectivity index (χ4v) is 1.85. The molecule has 1 N–H and O–H groups in total. The summed E-state index contributed by atoms with van der Waals surface area (Å²) in [6.07, 6.45) is -2.65. The minimum atomic E-state index is -4.31. The predicted octanol–water partition coefficient (Wildman–Crippen LogP) is 4.56. The molecule has 2 aromatic rings. The number of fused-ring (bicyclic) bond motifs is 1. The van der Waals surface area contributed by atoms with Crippen molar-refractivity contribution in [3.05, 3.63) is 29.6 Å². The average molecular weight is 270 g/mol. The molecule has 0 bridgehead atoms. The molecular formula is C14H17F3N2. The summed E-state index contributed by atoms with van der Waals surface area (Å²) in [4.78, 5) is 7.29. The molecule has 2 rings (SSSR count). The first kappa shape index (κ1) is 13.9. The van der Waals surface area contributed by atoms with Crippen molar-refractivity contribution in [3.63, 3.8) is 0 Å². The van der Waals surface area contributed by atoms with Gasteiger partial charge in [0.25, 0.3) is 0 Å². The molecule has 0 saturated carbocycles. The van der Waals surface area contributed by atoms with Gasteiger partial charge >= 0.3 is 6.18 Å². The van der Waals surface area contributed by atoms with Gasteiger partial charge in [0.2, 0.25) is 0 Å². The smallest absolute Gasteiger partial charge is 0.342 e. The fraction of sp³-hybridized carbons (Fsp3) is 0.500. The van der Waals surface area contributed by atoms with Crippen LogP contribution in [0.2, 0.25) is 0 Å². The van der Waals surface area contributed by atoms with Gasteiger partial charge in [-0.05, 0) is 30.0 Å². The number of nitrogens with one attached hydrogen (secondary N) is 1.